The standard InChI is InChI=1S/C15H16F3N3/c16-15(17,18)12-3-1-2-11-13(6-9-20-14(11)12)21-10-4-7-19-8-5-10/h1-3,6,9-10,19H,4-5,7-8H2,(H,20,21). The zero-order valence-electron chi connectivity index (χ0n) is 11.4. The number of nitrogens with one attached hydrogen (secondary N) is 2. The number of halogens is 3. The molecule has 21 heavy (non-hydrogen) atoms. The number of nitrogens with zero attached hydrogens (tertiary/aromatic N) is 1. The Labute approximate surface area is 120 Å². The number of hydrogen-bond donors (Lipinski definition) is 2. The molecule has 2 N–H and O–H groups in total. The summed E-state index contributed by atoms with van der Waals surface area (Å²) in [5.41, 5.74) is 0.0379. The van der Waals surface area contributed by atoms with E-state index < -0.39 is 11.7 Å². The van der Waals surface area contributed by atoms with Gasteiger partial charge in [0.05, 0.1) is 11.1 Å². The molecule has 1 aliphatic rings. The Morgan fingerprint density at radius 1 is 1.14 bits per heavy atom. The first-order valence-electron chi connectivity index (χ1n) is 6.98. The van der Waals surface area contributed by atoms with Gasteiger partial charge in [0, 0.05) is 23.3 Å². The van der Waals surface area contributed by atoms with Crippen molar-refractivity contribution in [3.05, 3.63) is 36.0 Å². The lowest BCUT2D eigenvalue weighted by Gasteiger charge is -2.25. The Morgan fingerprint density at radius 2 is 1.90 bits per heavy atom. The molecule has 3 rings (SSSR count). The van der Waals surface area contributed by atoms with Crippen LogP contribution in [0.25, 0.3) is 10.9 Å². The van der Waals surface area contributed by atoms with Gasteiger partial charge < -0.3 is 10.6 Å². The van der Waals surface area contributed by atoms with E-state index in [1.165, 1.54) is 12.3 Å². The monoisotopic (exact) mass is 295 g/mol. The molecule has 2 heterocycles. The summed E-state index contributed by atoms with van der Waals surface area (Å²) >= 11 is 0. The number of alkyl halides is 3. The molecule has 112 valence electrons. The van der Waals surface area contributed by atoms with Gasteiger partial charge in [-0.1, -0.05) is 12.1 Å². The number of piperidine rings is 1. The van der Waals surface area contributed by atoms with Crippen LogP contribution in [0.3, 0.4) is 0 Å². The molecule has 3 nitrogen and oxygen atoms in total. The minimum Gasteiger partial charge on any atom is -0.382 e. The normalized spacial score (nSPS) is 17.1. The Balaban J connectivity index is 2.00. The van der Waals surface area contributed by atoms with E-state index in [4.69, 9.17) is 0 Å². The summed E-state index contributed by atoms with van der Waals surface area (Å²) in [5, 5.41) is 7.14. The second-order valence-corrected chi connectivity index (χ2v) is 5.23. The van der Waals surface area contributed by atoms with Gasteiger partial charge >= 0.3 is 6.18 Å². The third-order valence-corrected chi connectivity index (χ3v) is 3.78. The quantitative estimate of drug-likeness (QED) is 0.891. The molecule has 0 bridgehead atoms. The van der Waals surface area contributed by atoms with Crippen molar-refractivity contribution in [2.75, 3.05) is 18.4 Å². The van der Waals surface area contributed by atoms with Gasteiger partial charge in [0.25, 0.3) is 0 Å². The highest BCUT2D eigenvalue weighted by atomic mass is 19.4. The van der Waals surface area contributed by atoms with Gasteiger partial charge in [-0.25, -0.2) is 0 Å². The van der Waals surface area contributed by atoms with Crippen LogP contribution in [0.2, 0.25) is 0 Å². The van der Waals surface area contributed by atoms with Crippen molar-refractivity contribution in [2.24, 2.45) is 0 Å². The van der Waals surface area contributed by atoms with Crippen molar-refractivity contribution < 1.29 is 13.2 Å². The largest absolute Gasteiger partial charge is 0.418 e. The topological polar surface area (TPSA) is 37.0 Å². The lowest BCUT2D eigenvalue weighted by Crippen LogP contribution is -2.35. The van der Waals surface area contributed by atoms with Crippen LogP contribution in [0.4, 0.5) is 18.9 Å². The van der Waals surface area contributed by atoms with Crippen LogP contribution in [0.1, 0.15) is 18.4 Å². The molecule has 1 fully saturated rings. The highest BCUT2D eigenvalue weighted by Crippen LogP contribution is 2.35. The highest BCUT2D eigenvalue weighted by molar-refractivity contribution is 5.93. The molecule has 1 aliphatic heterocycles. The summed E-state index contributed by atoms with van der Waals surface area (Å²) in [4.78, 5) is 3.93. The van der Waals surface area contributed by atoms with Crippen molar-refractivity contribution in [2.45, 2.75) is 25.1 Å². The SMILES string of the molecule is FC(F)(F)c1cccc2c(NC3CCNCC3)ccnc12. The number of aromatic nitrogens is 1. The van der Waals surface area contributed by atoms with E-state index in [1.807, 2.05) is 0 Å². The Bertz CT molecular complexity index is 634. The summed E-state index contributed by atoms with van der Waals surface area (Å²) in [6, 6.07) is 6.21. The smallest absolute Gasteiger partial charge is 0.382 e. The third kappa shape index (κ3) is 2.95. The van der Waals surface area contributed by atoms with Crippen LogP contribution in [-0.4, -0.2) is 24.1 Å². The number of pyridine rings is 1. The van der Waals surface area contributed by atoms with E-state index in [0.29, 0.717) is 5.39 Å². The Morgan fingerprint density at radius 3 is 2.62 bits per heavy atom. The summed E-state index contributed by atoms with van der Waals surface area (Å²) < 4.78 is 39.1. The molecule has 0 radical (unpaired) electrons. The van der Waals surface area contributed by atoms with Crippen molar-refractivity contribution >= 4 is 16.6 Å². The molecular weight excluding hydrogens is 279 g/mol. The molecule has 6 heteroatoms. The Hall–Kier alpha value is -1.82. The van der Waals surface area contributed by atoms with Crippen molar-refractivity contribution in [3.63, 3.8) is 0 Å². The molecule has 0 unspecified atom stereocenters. The maximum Gasteiger partial charge on any atom is 0.418 e. The minimum atomic E-state index is -4.39. The predicted molar refractivity (Wildman–Crippen MR) is 76.3 cm³/mol. The maximum atomic E-state index is 13.0. The number of anilines is 1. The van der Waals surface area contributed by atoms with E-state index in [1.54, 1.807) is 12.1 Å². The van der Waals surface area contributed by atoms with Crippen LogP contribution in [0.5, 0.6) is 0 Å². The summed E-state index contributed by atoms with van der Waals surface area (Å²) in [6.07, 6.45) is -1.04. The Kier molecular flexibility index (Phi) is 3.71. The molecule has 1 saturated heterocycles. The summed E-state index contributed by atoms with van der Waals surface area (Å²) in [6.45, 7) is 1.85. The van der Waals surface area contributed by atoms with E-state index in [9.17, 15) is 13.2 Å². The summed E-state index contributed by atoms with van der Waals surface area (Å²) in [7, 11) is 0. The number of hydrogen-bond acceptors (Lipinski definition) is 3. The lowest BCUT2D eigenvalue weighted by atomic mass is 10.0. The predicted octanol–water partition coefficient (Wildman–Crippen LogP) is 3.42. The zero-order chi connectivity index (χ0) is 14.9. The lowest BCUT2D eigenvalue weighted by molar-refractivity contribution is -0.136. The van der Waals surface area contributed by atoms with E-state index in [2.05, 4.69) is 15.6 Å². The molecule has 0 saturated carbocycles. The molecule has 1 aromatic heterocycles. The van der Waals surface area contributed by atoms with Crippen molar-refractivity contribution in [1.29, 1.82) is 0 Å². The number of para-hydroxylation sites is 1. The van der Waals surface area contributed by atoms with Gasteiger partial charge in [-0.2, -0.15) is 13.2 Å². The average Bonchev–Trinajstić information content (AvgIpc) is 2.47. The highest BCUT2D eigenvalue weighted by Gasteiger charge is 2.33. The van der Waals surface area contributed by atoms with E-state index in [0.717, 1.165) is 37.7 Å². The molecule has 2 aromatic rings. The maximum absolute atomic E-state index is 13.0. The van der Waals surface area contributed by atoms with Gasteiger partial charge in [-0.15, -0.1) is 0 Å². The zero-order valence-corrected chi connectivity index (χ0v) is 11.4. The number of rotatable bonds is 2. The van der Waals surface area contributed by atoms with Crippen LogP contribution in [-0.2, 0) is 6.18 Å². The average molecular weight is 295 g/mol. The number of fused-ring (bicyclic) bond motifs is 1. The fraction of sp³-hybridized carbons (Fsp3) is 0.400. The first-order valence-corrected chi connectivity index (χ1v) is 6.98. The molecule has 0 atom stereocenters. The van der Waals surface area contributed by atoms with Crippen LogP contribution in [0.15, 0.2) is 30.5 Å². The minimum absolute atomic E-state index is 0.00364. The second kappa shape index (κ2) is 5.52. The molecular formula is C15H16F3N3. The van der Waals surface area contributed by atoms with Gasteiger partial charge in [0.1, 0.15) is 0 Å². The molecule has 0 amide bonds. The van der Waals surface area contributed by atoms with Crippen LogP contribution >= 0.6 is 0 Å². The fourth-order valence-corrected chi connectivity index (χ4v) is 2.72. The van der Waals surface area contributed by atoms with Crippen LogP contribution < -0.4 is 10.6 Å². The van der Waals surface area contributed by atoms with Gasteiger partial charge in [0.2, 0.25) is 0 Å². The van der Waals surface area contributed by atoms with E-state index >= 15 is 0 Å². The van der Waals surface area contributed by atoms with Crippen molar-refractivity contribution in [3.8, 4) is 0 Å². The van der Waals surface area contributed by atoms with Crippen molar-refractivity contribution in [1.82, 2.24) is 10.3 Å². The fourth-order valence-electron chi connectivity index (χ4n) is 2.72. The molecule has 1 aromatic carbocycles. The third-order valence-electron chi connectivity index (χ3n) is 3.78. The molecule has 0 aliphatic carbocycles. The molecule has 0 spiro atoms. The second-order valence-electron chi connectivity index (χ2n) is 5.23. The van der Waals surface area contributed by atoms with E-state index in [-0.39, 0.29) is 11.6 Å². The number of benzene rings is 1. The van der Waals surface area contributed by atoms with Gasteiger partial charge in [0.15, 0.2) is 0 Å². The van der Waals surface area contributed by atoms with Gasteiger partial charge in [-0.3, -0.25) is 4.98 Å². The first-order chi connectivity index (χ1) is 10.1. The van der Waals surface area contributed by atoms with Crippen LogP contribution in [0, 0.1) is 0 Å². The summed E-state index contributed by atoms with van der Waals surface area (Å²) in [5.74, 6) is 0. The first kappa shape index (κ1) is 14.1. The van der Waals surface area contributed by atoms with Gasteiger partial charge in [-0.05, 0) is 38.1 Å².